The van der Waals surface area contributed by atoms with Crippen LogP contribution in [0.5, 0.6) is 0 Å². The lowest BCUT2D eigenvalue weighted by molar-refractivity contribution is 0.256. The molecule has 0 amide bonds. The Morgan fingerprint density at radius 3 is 2.89 bits per heavy atom. The summed E-state index contributed by atoms with van der Waals surface area (Å²) in [6, 6.07) is 1.57. The highest BCUT2D eigenvalue weighted by Gasteiger charge is 2.32. The molecule has 0 radical (unpaired) electrons. The molecule has 2 saturated heterocycles. The van der Waals surface area contributed by atoms with Gasteiger partial charge < -0.3 is 9.64 Å². The third-order valence-electron chi connectivity index (χ3n) is 4.04. The number of hydrogen-bond donors (Lipinski definition) is 0. The van der Waals surface area contributed by atoms with E-state index in [0.29, 0.717) is 6.04 Å². The van der Waals surface area contributed by atoms with Gasteiger partial charge in [-0.2, -0.15) is 0 Å². The predicted molar refractivity (Wildman–Crippen MR) is 76.0 cm³/mol. The van der Waals surface area contributed by atoms with E-state index in [2.05, 4.69) is 16.8 Å². The fourth-order valence-electron chi connectivity index (χ4n) is 2.88. The average Bonchev–Trinajstić information content (AvgIpc) is 2.81. The van der Waals surface area contributed by atoms with E-state index in [1.165, 1.54) is 57.8 Å². The Labute approximate surface area is 112 Å². The van der Waals surface area contributed by atoms with Crippen LogP contribution < -0.4 is 0 Å². The number of nitrogens with zero attached hydrogens (tertiary/aromatic N) is 2. The number of piperidine rings is 1. The molecule has 3 heteroatoms. The summed E-state index contributed by atoms with van der Waals surface area (Å²) in [5, 5.41) is 0. The lowest BCUT2D eigenvalue weighted by Crippen LogP contribution is -2.38. The molecule has 3 nitrogen and oxygen atoms in total. The largest absolute Gasteiger partial charge is 0.463 e. The van der Waals surface area contributed by atoms with E-state index in [0.717, 1.165) is 25.7 Å². The molecular weight excluding hydrogens is 224 g/mol. The molecule has 0 unspecified atom stereocenters. The summed E-state index contributed by atoms with van der Waals surface area (Å²) in [5.74, 6) is 0. The number of hydrogen-bond acceptors (Lipinski definition) is 2. The molecule has 2 aliphatic rings. The first kappa shape index (κ1) is 13.7. The van der Waals surface area contributed by atoms with Crippen LogP contribution in [-0.2, 0) is 4.74 Å². The second kappa shape index (κ2) is 7.65. The highest BCUT2D eigenvalue weighted by molar-refractivity contribution is 5.76. The van der Waals surface area contributed by atoms with E-state index in [9.17, 15) is 0 Å². The van der Waals surface area contributed by atoms with Gasteiger partial charge in [-0.05, 0) is 25.7 Å². The summed E-state index contributed by atoms with van der Waals surface area (Å²) in [7, 11) is 0. The molecule has 2 heterocycles. The van der Waals surface area contributed by atoms with Gasteiger partial charge in [0.25, 0.3) is 6.02 Å². The van der Waals surface area contributed by atoms with Crippen molar-refractivity contribution in [2.75, 3.05) is 19.7 Å². The van der Waals surface area contributed by atoms with E-state index >= 15 is 0 Å². The highest BCUT2D eigenvalue weighted by Crippen LogP contribution is 2.23. The number of aliphatic imine (C=N–C) groups is 1. The van der Waals surface area contributed by atoms with Crippen molar-refractivity contribution in [1.29, 1.82) is 0 Å². The summed E-state index contributed by atoms with van der Waals surface area (Å²) in [6.45, 7) is 5.23. The lowest BCUT2D eigenvalue weighted by Gasteiger charge is -2.27. The summed E-state index contributed by atoms with van der Waals surface area (Å²) in [5.41, 5.74) is 0. The quantitative estimate of drug-likeness (QED) is 0.647. The summed E-state index contributed by atoms with van der Waals surface area (Å²) in [4.78, 5) is 7.04. The molecule has 2 rings (SSSR count). The van der Waals surface area contributed by atoms with Gasteiger partial charge in [0.05, 0.1) is 6.04 Å². The first-order chi connectivity index (χ1) is 8.92. The minimum atomic E-state index is 0.627. The zero-order valence-corrected chi connectivity index (χ0v) is 11.9. The molecule has 0 aromatic rings. The van der Waals surface area contributed by atoms with Crippen LogP contribution in [0.3, 0.4) is 0 Å². The van der Waals surface area contributed by atoms with Crippen molar-refractivity contribution in [3.8, 4) is 0 Å². The Kier molecular flexibility index (Phi) is 5.82. The number of rotatable bonds is 7. The first-order valence-corrected chi connectivity index (χ1v) is 7.85. The molecule has 2 aliphatic heterocycles. The molecule has 104 valence electrons. The zero-order chi connectivity index (χ0) is 12.6. The normalized spacial score (nSPS) is 25.3. The SMILES string of the molecule is CCCCCCCC/N=C1\OC[C@H]2CCCCN12. The van der Waals surface area contributed by atoms with Gasteiger partial charge in [-0.15, -0.1) is 0 Å². The predicted octanol–water partition coefficient (Wildman–Crippen LogP) is 3.59. The van der Waals surface area contributed by atoms with Crippen LogP contribution in [0.2, 0.25) is 0 Å². The Balaban J connectivity index is 1.61. The van der Waals surface area contributed by atoms with Gasteiger partial charge in [-0.25, -0.2) is 4.99 Å². The fourth-order valence-corrected chi connectivity index (χ4v) is 2.88. The van der Waals surface area contributed by atoms with Gasteiger partial charge in [0.2, 0.25) is 0 Å². The molecule has 0 spiro atoms. The average molecular weight is 252 g/mol. The third-order valence-corrected chi connectivity index (χ3v) is 4.04. The molecule has 18 heavy (non-hydrogen) atoms. The van der Waals surface area contributed by atoms with Crippen LogP contribution in [-0.4, -0.2) is 36.7 Å². The van der Waals surface area contributed by atoms with Crippen molar-refractivity contribution in [1.82, 2.24) is 4.90 Å². The molecule has 0 aromatic heterocycles. The maximum atomic E-state index is 5.72. The summed E-state index contributed by atoms with van der Waals surface area (Å²) in [6.07, 6.45) is 11.9. The lowest BCUT2D eigenvalue weighted by atomic mass is 10.0. The monoisotopic (exact) mass is 252 g/mol. The second-order valence-corrected chi connectivity index (χ2v) is 5.59. The number of amidine groups is 1. The van der Waals surface area contributed by atoms with Crippen LogP contribution in [0.1, 0.15) is 64.7 Å². The molecule has 2 fully saturated rings. The van der Waals surface area contributed by atoms with Gasteiger partial charge in [0, 0.05) is 13.1 Å². The van der Waals surface area contributed by atoms with Crippen LogP contribution >= 0.6 is 0 Å². The van der Waals surface area contributed by atoms with E-state index in [-0.39, 0.29) is 0 Å². The Morgan fingerprint density at radius 1 is 1.17 bits per heavy atom. The van der Waals surface area contributed by atoms with Crippen LogP contribution in [0.15, 0.2) is 4.99 Å². The van der Waals surface area contributed by atoms with Gasteiger partial charge in [0.15, 0.2) is 0 Å². The minimum absolute atomic E-state index is 0.627. The Hall–Kier alpha value is -0.730. The molecular formula is C15H28N2O. The Morgan fingerprint density at radius 2 is 2.00 bits per heavy atom. The number of ether oxygens (including phenoxy) is 1. The number of fused-ring (bicyclic) bond motifs is 1. The van der Waals surface area contributed by atoms with Gasteiger partial charge in [-0.1, -0.05) is 39.0 Å². The summed E-state index contributed by atoms with van der Waals surface area (Å²) < 4.78 is 5.72. The van der Waals surface area contributed by atoms with Crippen LogP contribution in [0.4, 0.5) is 0 Å². The van der Waals surface area contributed by atoms with Crippen LogP contribution in [0.25, 0.3) is 0 Å². The molecule has 0 aliphatic carbocycles. The van der Waals surface area contributed by atoms with Crippen LogP contribution in [0, 0.1) is 0 Å². The topological polar surface area (TPSA) is 24.8 Å². The van der Waals surface area contributed by atoms with Gasteiger partial charge in [-0.3, -0.25) is 0 Å². The Bertz CT molecular complexity index is 265. The van der Waals surface area contributed by atoms with Gasteiger partial charge >= 0.3 is 0 Å². The van der Waals surface area contributed by atoms with E-state index < -0.39 is 0 Å². The molecule has 0 N–H and O–H groups in total. The minimum Gasteiger partial charge on any atom is -0.463 e. The molecule has 0 saturated carbocycles. The second-order valence-electron chi connectivity index (χ2n) is 5.59. The van der Waals surface area contributed by atoms with Crippen molar-refractivity contribution in [3.05, 3.63) is 0 Å². The fraction of sp³-hybridized carbons (Fsp3) is 0.933. The van der Waals surface area contributed by atoms with Crippen molar-refractivity contribution < 1.29 is 4.74 Å². The first-order valence-electron chi connectivity index (χ1n) is 7.85. The molecule has 0 bridgehead atoms. The molecule has 1 atom stereocenters. The van der Waals surface area contributed by atoms with Crippen molar-refractivity contribution >= 4 is 6.02 Å². The zero-order valence-electron chi connectivity index (χ0n) is 11.9. The smallest absolute Gasteiger partial charge is 0.287 e. The van der Waals surface area contributed by atoms with E-state index in [4.69, 9.17) is 4.74 Å². The van der Waals surface area contributed by atoms with Crippen molar-refractivity contribution in [2.45, 2.75) is 70.8 Å². The third kappa shape index (κ3) is 3.89. The highest BCUT2D eigenvalue weighted by atomic mass is 16.5. The van der Waals surface area contributed by atoms with Crippen molar-refractivity contribution in [2.24, 2.45) is 4.99 Å². The maximum absolute atomic E-state index is 5.72. The maximum Gasteiger partial charge on any atom is 0.287 e. The standard InChI is InChI=1S/C15H28N2O/c1-2-3-4-5-6-8-11-16-15-17-12-9-7-10-14(17)13-18-15/h14H,2-13H2,1H3/b16-15-/t14-/m1/s1. The number of unbranched alkanes of at least 4 members (excludes halogenated alkanes) is 5. The van der Waals surface area contributed by atoms with Gasteiger partial charge in [0.1, 0.15) is 6.61 Å². The van der Waals surface area contributed by atoms with Crippen molar-refractivity contribution in [3.63, 3.8) is 0 Å². The van der Waals surface area contributed by atoms with E-state index in [1.54, 1.807) is 0 Å². The molecule has 0 aromatic carbocycles. The summed E-state index contributed by atoms with van der Waals surface area (Å²) >= 11 is 0. The van der Waals surface area contributed by atoms with E-state index in [1.807, 2.05) is 0 Å².